The van der Waals surface area contributed by atoms with E-state index in [9.17, 15) is 14.9 Å². The van der Waals surface area contributed by atoms with Crippen LogP contribution in [-0.4, -0.2) is 30.4 Å². The fraction of sp³-hybridized carbons (Fsp3) is 0.278. The maximum atomic E-state index is 12.6. The van der Waals surface area contributed by atoms with Gasteiger partial charge in [-0.25, -0.2) is 0 Å². The summed E-state index contributed by atoms with van der Waals surface area (Å²) < 4.78 is 3.69. The number of nitro groups is 1. The molecule has 1 aromatic carbocycles. The minimum absolute atomic E-state index is 0.291. The van der Waals surface area contributed by atoms with Gasteiger partial charge in [0.15, 0.2) is 5.82 Å². The molecule has 0 aliphatic heterocycles. The van der Waals surface area contributed by atoms with E-state index in [4.69, 9.17) is 0 Å². The highest BCUT2D eigenvalue weighted by Gasteiger charge is 2.25. The zero-order chi connectivity index (χ0) is 20.4. The summed E-state index contributed by atoms with van der Waals surface area (Å²) in [4.78, 5) is 22.9. The number of carbonyl (C=O) groups is 1. The minimum Gasteiger partial charge on any atom is -0.358 e. The third-order valence-electron chi connectivity index (χ3n) is 4.27. The van der Waals surface area contributed by atoms with Crippen molar-refractivity contribution in [3.05, 3.63) is 67.9 Å². The summed E-state index contributed by atoms with van der Waals surface area (Å²) in [5.41, 5.74) is 2.80. The van der Waals surface area contributed by atoms with E-state index < -0.39 is 11.0 Å². The molecule has 0 aliphatic carbocycles. The van der Waals surface area contributed by atoms with Crippen LogP contribution in [0.25, 0.3) is 0 Å². The van der Waals surface area contributed by atoms with Crippen LogP contribution < -0.4 is 5.32 Å². The van der Waals surface area contributed by atoms with Crippen LogP contribution in [0.2, 0.25) is 0 Å². The van der Waals surface area contributed by atoms with Crippen molar-refractivity contribution in [2.24, 2.45) is 0 Å². The summed E-state index contributed by atoms with van der Waals surface area (Å²) in [6.07, 6.45) is 1.78. The number of benzene rings is 1. The molecular formula is C18H19BrN6O3. The summed E-state index contributed by atoms with van der Waals surface area (Å²) in [7, 11) is 0. The number of halogens is 1. The van der Waals surface area contributed by atoms with Gasteiger partial charge in [0.25, 0.3) is 5.91 Å². The molecule has 0 saturated heterocycles. The second kappa shape index (κ2) is 7.93. The molecule has 2 heterocycles. The molecule has 0 fully saturated rings. The Morgan fingerprint density at radius 1 is 1.29 bits per heavy atom. The van der Waals surface area contributed by atoms with E-state index in [0.29, 0.717) is 22.5 Å². The molecule has 0 spiro atoms. The number of nitrogens with zero attached hydrogens (tertiary/aromatic N) is 5. The number of rotatable bonds is 6. The number of amides is 1. The second-order valence-electron chi connectivity index (χ2n) is 6.52. The van der Waals surface area contributed by atoms with Crippen molar-refractivity contribution in [1.29, 1.82) is 0 Å². The lowest BCUT2D eigenvalue weighted by atomic mass is 10.1. The van der Waals surface area contributed by atoms with Crippen molar-refractivity contribution in [2.75, 3.05) is 5.32 Å². The number of anilines is 1. The van der Waals surface area contributed by atoms with Gasteiger partial charge < -0.3 is 15.4 Å². The van der Waals surface area contributed by atoms with E-state index in [1.807, 2.05) is 31.2 Å². The SMILES string of the molecule is Cc1ccc(Cn2cc(Br)c(NC(=O)C(C)n3nc([N+](=O)[O-])cc3C)n2)cc1. The molecule has 146 valence electrons. The molecule has 0 aliphatic rings. The van der Waals surface area contributed by atoms with E-state index >= 15 is 0 Å². The molecule has 1 atom stereocenters. The Labute approximate surface area is 169 Å². The fourth-order valence-electron chi connectivity index (χ4n) is 2.73. The Hall–Kier alpha value is -3.01. The predicted molar refractivity (Wildman–Crippen MR) is 107 cm³/mol. The van der Waals surface area contributed by atoms with Gasteiger partial charge in [-0.1, -0.05) is 29.8 Å². The largest absolute Gasteiger partial charge is 0.390 e. The van der Waals surface area contributed by atoms with E-state index in [1.165, 1.54) is 16.3 Å². The van der Waals surface area contributed by atoms with Gasteiger partial charge in [-0.05, 0) is 47.2 Å². The lowest BCUT2D eigenvalue weighted by Gasteiger charge is -2.10. The van der Waals surface area contributed by atoms with E-state index in [0.717, 1.165) is 5.56 Å². The lowest BCUT2D eigenvalue weighted by molar-refractivity contribution is -0.389. The number of hydrogen-bond donors (Lipinski definition) is 1. The predicted octanol–water partition coefficient (Wildman–Crippen LogP) is 3.62. The first-order chi connectivity index (χ1) is 13.2. The molecule has 9 nitrogen and oxygen atoms in total. The lowest BCUT2D eigenvalue weighted by Crippen LogP contribution is -2.25. The van der Waals surface area contributed by atoms with Crippen molar-refractivity contribution in [3.8, 4) is 0 Å². The molecule has 28 heavy (non-hydrogen) atoms. The first-order valence-electron chi connectivity index (χ1n) is 8.54. The molecule has 0 radical (unpaired) electrons. The molecule has 0 bridgehead atoms. The van der Waals surface area contributed by atoms with Crippen molar-refractivity contribution in [1.82, 2.24) is 19.6 Å². The smallest absolute Gasteiger partial charge is 0.358 e. The molecule has 3 rings (SSSR count). The van der Waals surface area contributed by atoms with Crippen LogP contribution in [0.1, 0.15) is 29.8 Å². The van der Waals surface area contributed by atoms with E-state index in [-0.39, 0.29) is 11.7 Å². The number of carbonyl (C=O) groups excluding carboxylic acids is 1. The van der Waals surface area contributed by atoms with Gasteiger partial charge in [0.2, 0.25) is 0 Å². The summed E-state index contributed by atoms with van der Waals surface area (Å²) in [5.74, 6) is -0.286. The van der Waals surface area contributed by atoms with Crippen LogP contribution in [0.15, 0.2) is 41.0 Å². The van der Waals surface area contributed by atoms with Crippen LogP contribution in [0.4, 0.5) is 11.6 Å². The second-order valence-corrected chi connectivity index (χ2v) is 7.37. The Morgan fingerprint density at radius 2 is 1.96 bits per heavy atom. The third-order valence-corrected chi connectivity index (χ3v) is 4.85. The molecule has 0 saturated carbocycles. The first kappa shape index (κ1) is 19.7. The number of nitrogens with one attached hydrogen (secondary N) is 1. The molecule has 2 aromatic heterocycles. The quantitative estimate of drug-likeness (QED) is 0.459. The monoisotopic (exact) mass is 446 g/mol. The van der Waals surface area contributed by atoms with Crippen LogP contribution in [-0.2, 0) is 11.3 Å². The molecule has 1 amide bonds. The zero-order valence-corrected chi connectivity index (χ0v) is 17.2. The van der Waals surface area contributed by atoms with Gasteiger partial charge >= 0.3 is 5.82 Å². The Kier molecular flexibility index (Phi) is 5.59. The average Bonchev–Trinajstić information content (AvgIpc) is 3.19. The van der Waals surface area contributed by atoms with Crippen molar-refractivity contribution in [3.63, 3.8) is 0 Å². The van der Waals surface area contributed by atoms with Gasteiger partial charge in [-0.2, -0.15) is 9.78 Å². The summed E-state index contributed by atoms with van der Waals surface area (Å²) >= 11 is 3.40. The summed E-state index contributed by atoms with van der Waals surface area (Å²) in [6.45, 7) is 5.88. The van der Waals surface area contributed by atoms with Crippen molar-refractivity contribution in [2.45, 2.75) is 33.4 Å². The van der Waals surface area contributed by atoms with Crippen molar-refractivity contribution < 1.29 is 9.72 Å². The van der Waals surface area contributed by atoms with Crippen molar-refractivity contribution >= 4 is 33.5 Å². The first-order valence-corrected chi connectivity index (χ1v) is 9.34. The minimum atomic E-state index is -0.733. The highest BCUT2D eigenvalue weighted by atomic mass is 79.9. The summed E-state index contributed by atoms with van der Waals surface area (Å²) in [6, 6.07) is 8.71. The van der Waals surface area contributed by atoms with Gasteiger partial charge in [-0.15, -0.1) is 0 Å². The Balaban J connectivity index is 1.72. The maximum Gasteiger partial charge on any atom is 0.390 e. The molecule has 1 unspecified atom stereocenters. The van der Waals surface area contributed by atoms with E-state index in [2.05, 4.69) is 31.4 Å². The molecule has 3 aromatic rings. The Morgan fingerprint density at radius 3 is 2.57 bits per heavy atom. The highest BCUT2D eigenvalue weighted by molar-refractivity contribution is 9.10. The molecule has 1 N–H and O–H groups in total. The van der Waals surface area contributed by atoms with Gasteiger partial charge in [0.05, 0.1) is 27.9 Å². The fourth-order valence-corrected chi connectivity index (χ4v) is 3.14. The zero-order valence-electron chi connectivity index (χ0n) is 15.6. The number of hydrogen-bond acceptors (Lipinski definition) is 5. The van der Waals surface area contributed by atoms with Crippen LogP contribution in [0.3, 0.4) is 0 Å². The summed E-state index contributed by atoms with van der Waals surface area (Å²) in [5, 5.41) is 21.9. The topological polar surface area (TPSA) is 108 Å². The van der Waals surface area contributed by atoms with Crippen LogP contribution in [0, 0.1) is 24.0 Å². The Bertz CT molecular complexity index is 1020. The number of aromatic nitrogens is 4. The highest BCUT2D eigenvalue weighted by Crippen LogP contribution is 2.23. The van der Waals surface area contributed by atoms with Gasteiger partial charge in [0.1, 0.15) is 6.04 Å². The normalized spacial score (nSPS) is 12.0. The van der Waals surface area contributed by atoms with Crippen LogP contribution in [0.5, 0.6) is 0 Å². The number of aryl methyl sites for hydroxylation is 2. The third kappa shape index (κ3) is 4.28. The van der Waals surface area contributed by atoms with E-state index in [1.54, 1.807) is 24.7 Å². The van der Waals surface area contributed by atoms with Gasteiger partial charge in [0, 0.05) is 6.20 Å². The average molecular weight is 447 g/mol. The maximum absolute atomic E-state index is 12.6. The van der Waals surface area contributed by atoms with Gasteiger partial charge in [-0.3, -0.25) is 9.48 Å². The molecular weight excluding hydrogens is 428 g/mol. The molecule has 10 heteroatoms. The van der Waals surface area contributed by atoms with Crippen LogP contribution >= 0.6 is 15.9 Å². The standard InChI is InChI=1S/C18H19BrN6O3/c1-11-4-6-14(7-5-11)9-23-10-15(19)17(22-23)20-18(26)13(3)24-12(2)8-16(21-24)25(27)28/h4-8,10,13H,9H2,1-3H3,(H,20,22,26).